The maximum absolute atomic E-state index is 13.1. The lowest BCUT2D eigenvalue weighted by molar-refractivity contribution is 0.0670. The van der Waals surface area contributed by atoms with Gasteiger partial charge in [0.1, 0.15) is 5.82 Å². The first-order valence-corrected chi connectivity index (χ1v) is 10.5. The summed E-state index contributed by atoms with van der Waals surface area (Å²) in [7, 11) is 0. The van der Waals surface area contributed by atoms with Crippen LogP contribution in [0.3, 0.4) is 0 Å². The van der Waals surface area contributed by atoms with Crippen LogP contribution in [0.1, 0.15) is 39.1 Å². The van der Waals surface area contributed by atoms with Crippen LogP contribution in [0, 0.1) is 11.7 Å². The molecule has 0 saturated carbocycles. The number of rotatable bonds is 6. The number of carbonyl (C=O) groups is 2. The van der Waals surface area contributed by atoms with E-state index in [1.807, 2.05) is 46.1 Å². The van der Waals surface area contributed by atoms with Crippen LogP contribution in [0.4, 0.5) is 4.39 Å². The minimum Gasteiger partial charge on any atom is -0.352 e. The Morgan fingerprint density at radius 3 is 2.71 bits per heavy atom. The predicted molar refractivity (Wildman–Crippen MR) is 115 cm³/mol. The van der Waals surface area contributed by atoms with Gasteiger partial charge >= 0.3 is 0 Å². The largest absolute Gasteiger partial charge is 0.352 e. The molecule has 1 saturated heterocycles. The van der Waals surface area contributed by atoms with E-state index < -0.39 is 0 Å². The van der Waals surface area contributed by atoms with E-state index in [-0.39, 0.29) is 23.5 Å². The van der Waals surface area contributed by atoms with Gasteiger partial charge in [-0.25, -0.2) is 4.39 Å². The van der Waals surface area contributed by atoms with E-state index in [9.17, 15) is 14.0 Å². The average molecular weight is 420 g/mol. The third-order valence-corrected chi connectivity index (χ3v) is 5.54. The maximum Gasteiger partial charge on any atom is 0.253 e. The van der Waals surface area contributed by atoms with Gasteiger partial charge in [0.2, 0.25) is 0 Å². The van der Waals surface area contributed by atoms with E-state index >= 15 is 0 Å². The normalized spacial score (nSPS) is 16.2. The molecule has 1 aromatic heterocycles. The van der Waals surface area contributed by atoms with Crippen molar-refractivity contribution in [1.82, 2.24) is 20.0 Å². The van der Waals surface area contributed by atoms with Gasteiger partial charge in [0.15, 0.2) is 0 Å². The maximum atomic E-state index is 13.1. The van der Waals surface area contributed by atoms with Gasteiger partial charge in [-0.1, -0.05) is 12.1 Å². The summed E-state index contributed by atoms with van der Waals surface area (Å²) in [6.45, 7) is 2.42. The Morgan fingerprint density at radius 2 is 1.94 bits per heavy atom. The highest BCUT2D eigenvalue weighted by Gasteiger charge is 2.25. The molecule has 1 aliphatic rings. The predicted octanol–water partition coefficient (Wildman–Crippen LogP) is 3.35. The highest BCUT2D eigenvalue weighted by molar-refractivity contribution is 5.95. The van der Waals surface area contributed by atoms with Gasteiger partial charge in [-0.15, -0.1) is 0 Å². The fourth-order valence-corrected chi connectivity index (χ4v) is 3.92. The molecule has 1 unspecified atom stereocenters. The number of benzene rings is 2. The Hall–Kier alpha value is -3.48. The third-order valence-electron chi connectivity index (χ3n) is 5.54. The molecule has 4 rings (SSSR count). The number of aromatic nitrogens is 2. The molecule has 2 amide bonds. The van der Waals surface area contributed by atoms with E-state index in [0.29, 0.717) is 37.3 Å². The quantitative estimate of drug-likeness (QED) is 0.665. The summed E-state index contributed by atoms with van der Waals surface area (Å²) in [4.78, 5) is 27.2. The molecule has 0 bridgehead atoms. The minimum absolute atomic E-state index is 0.0110. The van der Waals surface area contributed by atoms with Gasteiger partial charge in [-0.3, -0.25) is 14.3 Å². The SMILES string of the molecule is O=C(NCC1CCCN(C(=O)c2cccc(Cn3cccn3)c2)C1)c1ccc(F)cc1. The summed E-state index contributed by atoms with van der Waals surface area (Å²) in [6, 6.07) is 15.0. The zero-order valence-electron chi connectivity index (χ0n) is 17.2. The number of nitrogens with zero attached hydrogens (tertiary/aromatic N) is 3. The number of piperidine rings is 1. The van der Waals surface area contributed by atoms with E-state index in [4.69, 9.17) is 0 Å². The lowest BCUT2D eigenvalue weighted by atomic mass is 9.97. The Bertz CT molecular complexity index is 1030. The van der Waals surface area contributed by atoms with Crippen molar-refractivity contribution in [3.05, 3.63) is 89.5 Å². The average Bonchev–Trinajstić information content (AvgIpc) is 3.31. The Balaban J connectivity index is 1.34. The van der Waals surface area contributed by atoms with Crippen molar-refractivity contribution < 1.29 is 14.0 Å². The summed E-state index contributed by atoms with van der Waals surface area (Å²) in [6.07, 6.45) is 5.48. The molecule has 0 spiro atoms. The molecule has 1 atom stereocenters. The van der Waals surface area contributed by atoms with Gasteiger partial charge in [-0.05, 0) is 66.8 Å². The number of amides is 2. The van der Waals surface area contributed by atoms with Crippen LogP contribution in [0.5, 0.6) is 0 Å². The highest BCUT2D eigenvalue weighted by Crippen LogP contribution is 2.19. The number of carbonyl (C=O) groups excluding carboxylic acids is 2. The second-order valence-corrected chi connectivity index (χ2v) is 7.88. The van der Waals surface area contributed by atoms with Crippen molar-refractivity contribution in [3.8, 4) is 0 Å². The number of hydrogen-bond donors (Lipinski definition) is 1. The van der Waals surface area contributed by atoms with Crippen LogP contribution < -0.4 is 5.32 Å². The highest BCUT2D eigenvalue weighted by atomic mass is 19.1. The summed E-state index contributed by atoms with van der Waals surface area (Å²) in [5.74, 6) is -0.396. The Kier molecular flexibility index (Phi) is 6.40. The molecule has 3 aromatic rings. The molecule has 1 N–H and O–H groups in total. The zero-order chi connectivity index (χ0) is 21.6. The van der Waals surface area contributed by atoms with E-state index in [0.717, 1.165) is 18.4 Å². The molecular formula is C24H25FN4O2. The molecule has 160 valence electrons. The van der Waals surface area contributed by atoms with Gasteiger partial charge in [-0.2, -0.15) is 5.10 Å². The molecule has 31 heavy (non-hydrogen) atoms. The smallest absolute Gasteiger partial charge is 0.253 e. The van der Waals surface area contributed by atoms with Crippen LogP contribution in [-0.2, 0) is 6.54 Å². The molecule has 2 heterocycles. The standard InChI is InChI=1S/C24H25FN4O2/c25-22-9-7-20(8-10-22)23(30)26-15-19-5-2-12-28(16-19)24(31)21-6-1-4-18(14-21)17-29-13-3-11-27-29/h1,3-4,6-11,13-14,19H,2,5,12,15-17H2,(H,26,30). The van der Waals surface area contributed by atoms with E-state index in [2.05, 4.69) is 10.4 Å². The van der Waals surface area contributed by atoms with Crippen molar-refractivity contribution >= 4 is 11.8 Å². The zero-order valence-corrected chi connectivity index (χ0v) is 17.2. The van der Waals surface area contributed by atoms with Gasteiger partial charge in [0.05, 0.1) is 6.54 Å². The number of likely N-dealkylation sites (tertiary alicyclic amines) is 1. The third kappa shape index (κ3) is 5.36. The molecular weight excluding hydrogens is 395 g/mol. The molecule has 0 aliphatic carbocycles. The lowest BCUT2D eigenvalue weighted by Gasteiger charge is -2.33. The second-order valence-electron chi connectivity index (χ2n) is 7.88. The summed E-state index contributed by atoms with van der Waals surface area (Å²) >= 11 is 0. The number of nitrogens with one attached hydrogen (secondary N) is 1. The molecule has 2 aromatic carbocycles. The minimum atomic E-state index is -0.369. The van der Waals surface area contributed by atoms with E-state index in [1.165, 1.54) is 24.3 Å². The fourth-order valence-electron chi connectivity index (χ4n) is 3.92. The Labute approximate surface area is 180 Å². The van der Waals surface area contributed by atoms with Crippen LogP contribution >= 0.6 is 0 Å². The lowest BCUT2D eigenvalue weighted by Crippen LogP contribution is -2.43. The van der Waals surface area contributed by atoms with Crippen LogP contribution in [-0.4, -0.2) is 46.1 Å². The molecule has 1 fully saturated rings. The first kappa shape index (κ1) is 20.8. The summed E-state index contributed by atoms with van der Waals surface area (Å²) in [5.41, 5.74) is 2.12. The summed E-state index contributed by atoms with van der Waals surface area (Å²) in [5, 5.41) is 7.13. The first-order valence-electron chi connectivity index (χ1n) is 10.5. The Morgan fingerprint density at radius 1 is 1.10 bits per heavy atom. The van der Waals surface area contributed by atoms with E-state index in [1.54, 1.807) is 6.20 Å². The van der Waals surface area contributed by atoms with Gasteiger partial charge < -0.3 is 10.2 Å². The van der Waals surface area contributed by atoms with Crippen molar-refractivity contribution in [2.24, 2.45) is 5.92 Å². The van der Waals surface area contributed by atoms with Crippen LogP contribution in [0.25, 0.3) is 0 Å². The molecule has 1 aliphatic heterocycles. The first-order chi connectivity index (χ1) is 15.1. The van der Waals surface area contributed by atoms with Crippen LogP contribution in [0.2, 0.25) is 0 Å². The van der Waals surface area contributed by atoms with Gasteiger partial charge in [0.25, 0.3) is 11.8 Å². The molecule has 7 heteroatoms. The van der Waals surface area contributed by atoms with Crippen molar-refractivity contribution in [2.45, 2.75) is 19.4 Å². The van der Waals surface area contributed by atoms with Crippen molar-refractivity contribution in [1.29, 1.82) is 0 Å². The monoisotopic (exact) mass is 420 g/mol. The van der Waals surface area contributed by atoms with Crippen LogP contribution in [0.15, 0.2) is 67.0 Å². The topological polar surface area (TPSA) is 67.2 Å². The number of hydrogen-bond acceptors (Lipinski definition) is 3. The van der Waals surface area contributed by atoms with Crippen molar-refractivity contribution in [2.75, 3.05) is 19.6 Å². The summed E-state index contributed by atoms with van der Waals surface area (Å²) < 4.78 is 14.9. The molecule has 6 nitrogen and oxygen atoms in total. The van der Waals surface area contributed by atoms with Crippen molar-refractivity contribution in [3.63, 3.8) is 0 Å². The van der Waals surface area contributed by atoms with Gasteiger partial charge in [0, 0.05) is 43.2 Å². The fraction of sp³-hybridized carbons (Fsp3) is 0.292. The molecule has 0 radical (unpaired) electrons. The number of halogens is 1. The second kappa shape index (κ2) is 9.55.